The molecule has 1 aromatic heterocycles. The molecule has 1 atom stereocenters. The van der Waals surface area contributed by atoms with Gasteiger partial charge in [0.05, 0.1) is 11.9 Å². The number of nitrogens with one attached hydrogen (secondary N) is 1. The van der Waals surface area contributed by atoms with E-state index in [4.69, 9.17) is 0 Å². The second kappa shape index (κ2) is 9.19. The summed E-state index contributed by atoms with van der Waals surface area (Å²) in [7, 11) is 0. The van der Waals surface area contributed by atoms with E-state index in [1.807, 2.05) is 85.4 Å². The van der Waals surface area contributed by atoms with Gasteiger partial charge in [-0.2, -0.15) is 10.2 Å². The molecular formula is C21H22N4OS. The number of rotatable bonds is 7. The molecule has 2 aromatic carbocycles. The molecular weight excluding hydrogens is 356 g/mol. The van der Waals surface area contributed by atoms with E-state index in [9.17, 15) is 4.79 Å². The van der Waals surface area contributed by atoms with E-state index >= 15 is 0 Å². The van der Waals surface area contributed by atoms with Gasteiger partial charge in [0.2, 0.25) is 0 Å². The highest BCUT2D eigenvalue weighted by molar-refractivity contribution is 8.00. The van der Waals surface area contributed by atoms with Crippen molar-refractivity contribution in [3.63, 3.8) is 0 Å². The first-order chi connectivity index (χ1) is 13.2. The summed E-state index contributed by atoms with van der Waals surface area (Å²) in [5.41, 5.74) is 5.39. The van der Waals surface area contributed by atoms with Crippen LogP contribution in [0.2, 0.25) is 0 Å². The Kier molecular flexibility index (Phi) is 6.44. The number of aryl methyl sites for hydroxylation is 2. The predicted octanol–water partition coefficient (Wildman–Crippen LogP) is 4.20. The molecule has 0 aliphatic heterocycles. The maximum absolute atomic E-state index is 12.8. The van der Waals surface area contributed by atoms with Gasteiger partial charge < -0.3 is 0 Å². The SMILES string of the molecule is CCn1cc(C=NNC(=O)C(Sc2ccccc2)c2ccccc2)c(C)n1. The van der Waals surface area contributed by atoms with Gasteiger partial charge in [-0.3, -0.25) is 9.48 Å². The van der Waals surface area contributed by atoms with Crippen molar-refractivity contribution in [3.8, 4) is 0 Å². The van der Waals surface area contributed by atoms with Crippen LogP contribution in [-0.4, -0.2) is 21.9 Å². The van der Waals surface area contributed by atoms with Gasteiger partial charge in [0.15, 0.2) is 0 Å². The quantitative estimate of drug-likeness (QED) is 0.381. The van der Waals surface area contributed by atoms with Gasteiger partial charge >= 0.3 is 0 Å². The standard InChI is InChI=1S/C21H22N4OS/c1-3-25-15-18(16(2)24-25)14-22-23-21(26)20(17-10-6-4-7-11-17)27-19-12-8-5-9-13-19/h4-15,20H,3H2,1-2H3,(H,23,26). The van der Waals surface area contributed by atoms with Crippen LogP contribution in [0.4, 0.5) is 0 Å². The Morgan fingerprint density at radius 2 is 1.85 bits per heavy atom. The number of benzene rings is 2. The van der Waals surface area contributed by atoms with E-state index in [-0.39, 0.29) is 11.2 Å². The molecule has 1 amide bonds. The van der Waals surface area contributed by atoms with Crippen LogP contribution in [0, 0.1) is 6.92 Å². The number of amides is 1. The molecule has 0 aliphatic rings. The summed E-state index contributed by atoms with van der Waals surface area (Å²) in [6.45, 7) is 4.75. The smallest absolute Gasteiger partial charge is 0.258 e. The fraction of sp³-hybridized carbons (Fsp3) is 0.190. The minimum Gasteiger partial charge on any atom is -0.272 e. The van der Waals surface area contributed by atoms with Crippen molar-refractivity contribution in [2.75, 3.05) is 0 Å². The molecule has 0 fully saturated rings. The lowest BCUT2D eigenvalue weighted by Crippen LogP contribution is -2.23. The van der Waals surface area contributed by atoms with Crippen molar-refractivity contribution >= 4 is 23.9 Å². The molecule has 1 N–H and O–H groups in total. The highest BCUT2D eigenvalue weighted by atomic mass is 32.2. The van der Waals surface area contributed by atoms with Gasteiger partial charge in [-0.05, 0) is 31.5 Å². The van der Waals surface area contributed by atoms with Gasteiger partial charge in [0.25, 0.3) is 5.91 Å². The van der Waals surface area contributed by atoms with E-state index in [0.717, 1.165) is 28.3 Å². The first-order valence-corrected chi connectivity index (χ1v) is 9.69. The topological polar surface area (TPSA) is 59.3 Å². The lowest BCUT2D eigenvalue weighted by Gasteiger charge is -2.15. The summed E-state index contributed by atoms with van der Waals surface area (Å²) in [6, 6.07) is 19.6. The molecule has 1 unspecified atom stereocenters. The number of thioether (sulfide) groups is 1. The number of hydrogen-bond donors (Lipinski definition) is 1. The van der Waals surface area contributed by atoms with E-state index in [1.165, 1.54) is 11.8 Å². The van der Waals surface area contributed by atoms with Crippen molar-refractivity contribution in [1.82, 2.24) is 15.2 Å². The van der Waals surface area contributed by atoms with Crippen molar-refractivity contribution in [2.24, 2.45) is 5.10 Å². The normalized spacial score (nSPS) is 12.2. The minimum atomic E-state index is -0.384. The van der Waals surface area contributed by atoms with Crippen LogP contribution in [0.25, 0.3) is 0 Å². The molecule has 3 rings (SSSR count). The van der Waals surface area contributed by atoms with Gasteiger partial charge in [-0.15, -0.1) is 11.8 Å². The molecule has 3 aromatic rings. The fourth-order valence-corrected chi connectivity index (χ4v) is 3.62. The number of carbonyl (C=O) groups is 1. The maximum Gasteiger partial charge on any atom is 0.258 e. The molecule has 0 aliphatic carbocycles. The van der Waals surface area contributed by atoms with Crippen LogP contribution in [0.5, 0.6) is 0 Å². The van der Waals surface area contributed by atoms with Gasteiger partial charge in [0.1, 0.15) is 5.25 Å². The molecule has 138 valence electrons. The Morgan fingerprint density at radius 1 is 1.19 bits per heavy atom. The Balaban J connectivity index is 1.74. The first kappa shape index (κ1) is 18.9. The number of hydrazone groups is 1. The highest BCUT2D eigenvalue weighted by Crippen LogP contribution is 2.35. The number of carbonyl (C=O) groups excluding carboxylic acids is 1. The minimum absolute atomic E-state index is 0.160. The molecule has 0 spiro atoms. The van der Waals surface area contributed by atoms with E-state index in [0.29, 0.717) is 0 Å². The average Bonchev–Trinajstić information content (AvgIpc) is 3.07. The number of nitrogens with zero attached hydrogens (tertiary/aromatic N) is 3. The van der Waals surface area contributed by atoms with Crippen LogP contribution >= 0.6 is 11.8 Å². The molecule has 6 heteroatoms. The summed E-state index contributed by atoms with van der Waals surface area (Å²) in [5.74, 6) is -0.160. The third-order valence-electron chi connectivity index (χ3n) is 4.02. The monoisotopic (exact) mass is 378 g/mol. The molecule has 0 bridgehead atoms. The Labute approximate surface area is 163 Å². The Morgan fingerprint density at radius 3 is 2.48 bits per heavy atom. The van der Waals surface area contributed by atoms with E-state index in [2.05, 4.69) is 15.6 Å². The average molecular weight is 379 g/mol. The second-order valence-electron chi connectivity index (χ2n) is 5.98. The number of aromatic nitrogens is 2. The summed E-state index contributed by atoms with van der Waals surface area (Å²) in [6.07, 6.45) is 3.56. The molecule has 1 heterocycles. The van der Waals surface area contributed by atoms with Crippen LogP contribution in [0.1, 0.15) is 29.0 Å². The first-order valence-electron chi connectivity index (χ1n) is 8.81. The van der Waals surface area contributed by atoms with Crippen LogP contribution in [0.15, 0.2) is 76.9 Å². The van der Waals surface area contributed by atoms with Gasteiger partial charge in [-0.1, -0.05) is 48.5 Å². The van der Waals surface area contributed by atoms with Crippen molar-refractivity contribution in [1.29, 1.82) is 0 Å². The Bertz CT molecular complexity index is 906. The highest BCUT2D eigenvalue weighted by Gasteiger charge is 2.21. The summed E-state index contributed by atoms with van der Waals surface area (Å²) >= 11 is 1.50. The van der Waals surface area contributed by atoms with Crippen LogP contribution < -0.4 is 5.43 Å². The van der Waals surface area contributed by atoms with E-state index in [1.54, 1.807) is 6.21 Å². The van der Waals surface area contributed by atoms with Gasteiger partial charge in [0, 0.05) is 23.2 Å². The summed E-state index contributed by atoms with van der Waals surface area (Å²) < 4.78 is 1.84. The van der Waals surface area contributed by atoms with Crippen molar-refractivity contribution in [2.45, 2.75) is 30.5 Å². The largest absolute Gasteiger partial charge is 0.272 e. The Hall–Kier alpha value is -2.86. The predicted molar refractivity (Wildman–Crippen MR) is 110 cm³/mol. The van der Waals surface area contributed by atoms with Gasteiger partial charge in [-0.25, -0.2) is 5.43 Å². The molecule has 0 saturated carbocycles. The molecule has 5 nitrogen and oxygen atoms in total. The third-order valence-corrected chi connectivity index (χ3v) is 5.29. The fourth-order valence-electron chi connectivity index (χ4n) is 2.58. The lowest BCUT2D eigenvalue weighted by atomic mass is 10.1. The maximum atomic E-state index is 12.8. The third kappa shape index (κ3) is 5.08. The number of hydrogen-bond acceptors (Lipinski definition) is 4. The van der Waals surface area contributed by atoms with Crippen LogP contribution in [0.3, 0.4) is 0 Å². The second-order valence-corrected chi connectivity index (χ2v) is 7.16. The summed E-state index contributed by atoms with van der Waals surface area (Å²) in [4.78, 5) is 13.9. The molecule has 0 radical (unpaired) electrons. The lowest BCUT2D eigenvalue weighted by molar-refractivity contribution is -0.120. The summed E-state index contributed by atoms with van der Waals surface area (Å²) in [5, 5.41) is 8.14. The van der Waals surface area contributed by atoms with Crippen LogP contribution in [-0.2, 0) is 11.3 Å². The molecule has 27 heavy (non-hydrogen) atoms. The van der Waals surface area contributed by atoms with Crippen molar-refractivity contribution < 1.29 is 4.79 Å². The molecule has 0 saturated heterocycles. The van der Waals surface area contributed by atoms with E-state index < -0.39 is 0 Å². The zero-order valence-corrected chi connectivity index (χ0v) is 16.2. The zero-order valence-electron chi connectivity index (χ0n) is 15.4. The van der Waals surface area contributed by atoms with Crippen molar-refractivity contribution in [3.05, 3.63) is 83.7 Å². The zero-order chi connectivity index (χ0) is 19.1.